The van der Waals surface area contributed by atoms with Crippen molar-refractivity contribution in [2.45, 2.75) is 44.9 Å². The second kappa shape index (κ2) is 6.53. The predicted molar refractivity (Wildman–Crippen MR) is 74.0 cm³/mol. The van der Waals surface area contributed by atoms with Crippen molar-refractivity contribution in [3.63, 3.8) is 0 Å². The van der Waals surface area contributed by atoms with Crippen molar-refractivity contribution in [2.75, 3.05) is 6.54 Å². The third kappa shape index (κ3) is 3.80. The Bertz CT molecular complexity index is 356. The Kier molecular flexibility index (Phi) is 5.01. The number of halogens is 1. The monoisotopic (exact) mass is 297 g/mol. The third-order valence-electron chi connectivity index (χ3n) is 3.27. The first kappa shape index (κ1) is 13.1. The minimum absolute atomic E-state index is 0.383. The molecule has 2 rings (SSSR count). The molecular weight excluding hydrogens is 278 g/mol. The Morgan fingerprint density at radius 3 is 3.06 bits per heavy atom. The second-order valence-corrected chi connectivity index (χ2v) is 5.49. The molecule has 2 nitrogen and oxygen atoms in total. The van der Waals surface area contributed by atoms with Crippen molar-refractivity contribution in [3.8, 4) is 0 Å². The van der Waals surface area contributed by atoms with Gasteiger partial charge in [0.1, 0.15) is 0 Å². The van der Waals surface area contributed by atoms with Crippen LogP contribution >= 0.6 is 15.9 Å². The Labute approximate surface area is 112 Å². The van der Waals surface area contributed by atoms with Gasteiger partial charge in [0.25, 0.3) is 0 Å². The van der Waals surface area contributed by atoms with Crippen LogP contribution in [0, 0.1) is 0 Å². The first-order valence-electron chi connectivity index (χ1n) is 6.39. The molecule has 0 bridgehead atoms. The van der Waals surface area contributed by atoms with E-state index in [1.165, 1.54) is 24.8 Å². The molecule has 0 radical (unpaired) electrons. The maximum Gasteiger partial charge on any atom is 0.0732 e. The molecule has 2 atom stereocenters. The first-order valence-corrected chi connectivity index (χ1v) is 7.18. The number of likely N-dealkylation sites (N-methyl/N-ethyl adjacent to an activating group) is 1. The van der Waals surface area contributed by atoms with Gasteiger partial charge >= 0.3 is 0 Å². The molecule has 1 N–H and O–H groups in total. The van der Waals surface area contributed by atoms with Crippen LogP contribution in [0.1, 0.15) is 31.7 Å². The van der Waals surface area contributed by atoms with Gasteiger partial charge in [-0.15, -0.1) is 0 Å². The second-order valence-electron chi connectivity index (χ2n) is 4.57. The lowest BCUT2D eigenvalue weighted by molar-refractivity contribution is 0.0283. The highest BCUT2D eigenvalue weighted by Crippen LogP contribution is 2.23. The fourth-order valence-electron chi connectivity index (χ4n) is 2.45. The number of hydrogen-bond donors (Lipinski definition) is 1. The van der Waals surface area contributed by atoms with Crippen LogP contribution in [0.5, 0.6) is 0 Å². The van der Waals surface area contributed by atoms with Crippen LogP contribution < -0.4 is 5.32 Å². The zero-order valence-electron chi connectivity index (χ0n) is 10.3. The smallest absolute Gasteiger partial charge is 0.0732 e. The minimum atomic E-state index is 0.383. The molecule has 0 spiro atoms. The molecule has 0 saturated heterocycles. The van der Waals surface area contributed by atoms with E-state index in [2.05, 4.69) is 46.4 Å². The molecule has 1 aromatic carbocycles. The largest absolute Gasteiger partial charge is 0.372 e. The van der Waals surface area contributed by atoms with Crippen LogP contribution in [0.3, 0.4) is 0 Å². The summed E-state index contributed by atoms with van der Waals surface area (Å²) in [4.78, 5) is 0. The van der Waals surface area contributed by atoms with Gasteiger partial charge in [-0.05, 0) is 43.5 Å². The summed E-state index contributed by atoms with van der Waals surface area (Å²) in [6, 6.07) is 8.88. The lowest BCUT2D eigenvalue weighted by atomic mass is 10.2. The summed E-state index contributed by atoms with van der Waals surface area (Å²) < 4.78 is 7.14. The molecule has 0 heterocycles. The Balaban J connectivity index is 1.85. The summed E-state index contributed by atoms with van der Waals surface area (Å²) in [5.74, 6) is 0. The van der Waals surface area contributed by atoms with Gasteiger partial charge in [0.15, 0.2) is 0 Å². The number of nitrogens with one attached hydrogen (secondary N) is 1. The van der Waals surface area contributed by atoms with E-state index in [0.717, 1.165) is 11.0 Å². The molecule has 2 unspecified atom stereocenters. The fourth-order valence-corrected chi connectivity index (χ4v) is 2.90. The minimum Gasteiger partial charge on any atom is -0.372 e. The summed E-state index contributed by atoms with van der Waals surface area (Å²) in [6.45, 7) is 3.90. The van der Waals surface area contributed by atoms with Crippen LogP contribution in [-0.4, -0.2) is 18.7 Å². The van der Waals surface area contributed by atoms with E-state index in [0.29, 0.717) is 18.8 Å². The topological polar surface area (TPSA) is 21.3 Å². The highest BCUT2D eigenvalue weighted by molar-refractivity contribution is 9.10. The Hall–Kier alpha value is -0.380. The van der Waals surface area contributed by atoms with Gasteiger partial charge in [0.2, 0.25) is 0 Å². The van der Waals surface area contributed by atoms with Gasteiger partial charge in [-0.1, -0.05) is 35.0 Å². The number of rotatable bonds is 5. The van der Waals surface area contributed by atoms with Gasteiger partial charge < -0.3 is 10.1 Å². The number of benzene rings is 1. The predicted octanol–water partition coefficient (Wildman–Crippen LogP) is 3.50. The summed E-state index contributed by atoms with van der Waals surface area (Å²) in [5, 5.41) is 3.51. The maximum absolute atomic E-state index is 6.03. The van der Waals surface area contributed by atoms with Gasteiger partial charge in [-0.3, -0.25) is 0 Å². The van der Waals surface area contributed by atoms with Crippen molar-refractivity contribution < 1.29 is 4.74 Å². The lowest BCUT2D eigenvalue weighted by Gasteiger charge is -2.21. The van der Waals surface area contributed by atoms with E-state index in [1.54, 1.807) is 0 Å². The fraction of sp³-hybridized carbons (Fsp3) is 0.571. The van der Waals surface area contributed by atoms with Gasteiger partial charge in [0, 0.05) is 10.5 Å². The zero-order chi connectivity index (χ0) is 12.1. The van der Waals surface area contributed by atoms with E-state index in [9.17, 15) is 0 Å². The maximum atomic E-state index is 6.03. The molecule has 0 amide bonds. The van der Waals surface area contributed by atoms with Gasteiger partial charge in [-0.25, -0.2) is 0 Å². The van der Waals surface area contributed by atoms with E-state index < -0.39 is 0 Å². The van der Waals surface area contributed by atoms with Crippen LogP contribution in [0.2, 0.25) is 0 Å². The highest BCUT2D eigenvalue weighted by Gasteiger charge is 2.26. The average molecular weight is 298 g/mol. The zero-order valence-corrected chi connectivity index (χ0v) is 11.9. The van der Waals surface area contributed by atoms with Gasteiger partial charge in [0.05, 0.1) is 12.7 Å². The van der Waals surface area contributed by atoms with Crippen LogP contribution in [0.15, 0.2) is 28.7 Å². The lowest BCUT2D eigenvalue weighted by Crippen LogP contribution is -2.37. The molecule has 3 heteroatoms. The number of hydrogen-bond acceptors (Lipinski definition) is 2. The average Bonchev–Trinajstić information content (AvgIpc) is 2.75. The SMILES string of the molecule is CCNC1CCCC1OCc1cccc(Br)c1. The molecule has 1 fully saturated rings. The van der Waals surface area contributed by atoms with Crippen molar-refractivity contribution in [1.29, 1.82) is 0 Å². The van der Waals surface area contributed by atoms with Crippen molar-refractivity contribution >= 4 is 15.9 Å². The standard InChI is InChI=1S/C14H20BrNO/c1-2-16-13-7-4-8-14(13)17-10-11-5-3-6-12(15)9-11/h3,5-6,9,13-14,16H,2,4,7-8,10H2,1H3. The molecule has 0 aliphatic heterocycles. The molecule has 94 valence electrons. The Morgan fingerprint density at radius 2 is 2.29 bits per heavy atom. The normalized spacial score (nSPS) is 24.1. The molecular formula is C14H20BrNO. The van der Waals surface area contributed by atoms with E-state index in [1.807, 2.05) is 6.07 Å². The van der Waals surface area contributed by atoms with E-state index >= 15 is 0 Å². The summed E-state index contributed by atoms with van der Waals surface area (Å²) in [6.07, 6.45) is 4.10. The third-order valence-corrected chi connectivity index (χ3v) is 3.77. The van der Waals surface area contributed by atoms with Crippen LogP contribution in [0.4, 0.5) is 0 Å². The van der Waals surface area contributed by atoms with Crippen LogP contribution in [0.25, 0.3) is 0 Å². The van der Waals surface area contributed by atoms with E-state index in [-0.39, 0.29) is 0 Å². The highest BCUT2D eigenvalue weighted by atomic mass is 79.9. The van der Waals surface area contributed by atoms with E-state index in [4.69, 9.17) is 4.74 Å². The van der Waals surface area contributed by atoms with Gasteiger partial charge in [-0.2, -0.15) is 0 Å². The van der Waals surface area contributed by atoms with Crippen LogP contribution in [-0.2, 0) is 11.3 Å². The molecule has 1 aliphatic carbocycles. The van der Waals surface area contributed by atoms with Crippen molar-refractivity contribution in [1.82, 2.24) is 5.32 Å². The Morgan fingerprint density at radius 1 is 1.41 bits per heavy atom. The molecule has 1 aliphatic rings. The quantitative estimate of drug-likeness (QED) is 0.898. The van der Waals surface area contributed by atoms with Crippen molar-refractivity contribution in [2.24, 2.45) is 0 Å². The summed E-state index contributed by atoms with van der Waals surface area (Å²) in [7, 11) is 0. The molecule has 17 heavy (non-hydrogen) atoms. The number of ether oxygens (including phenoxy) is 1. The molecule has 1 saturated carbocycles. The van der Waals surface area contributed by atoms with Crippen molar-refractivity contribution in [3.05, 3.63) is 34.3 Å². The molecule has 1 aromatic rings. The summed E-state index contributed by atoms with van der Waals surface area (Å²) in [5.41, 5.74) is 1.24. The molecule has 0 aromatic heterocycles. The first-order chi connectivity index (χ1) is 8.29. The summed E-state index contributed by atoms with van der Waals surface area (Å²) >= 11 is 3.48.